The normalized spacial score (nSPS) is 11.8. The number of aromatic nitrogens is 1. The lowest BCUT2D eigenvalue weighted by Gasteiger charge is -2.14. The average molecular weight is 656 g/mol. The van der Waals surface area contributed by atoms with Gasteiger partial charge < -0.3 is 9.47 Å². The quantitative estimate of drug-likeness (QED) is 0.179. The summed E-state index contributed by atoms with van der Waals surface area (Å²) in [6, 6.07) is 65.8. The Bertz CT molecular complexity index is 2360. The standard InChI is InChI=1S/C48H33NO2/c1-5-13-33(14-6-1)39-25-40(34-15-7-2-8-16-34)27-41(26-39)38-21-23-43-44-28-37(22-24-47(44)50-32-51-48(43)31-38)42-29-45(35-17-9-3-10-18-35)49-46(30-42)36-19-11-4-12-20-36/h1-31H,32H2. The van der Waals surface area contributed by atoms with Gasteiger partial charge in [0.15, 0.2) is 0 Å². The number of hydrogen-bond donors (Lipinski definition) is 0. The molecule has 9 rings (SSSR count). The Morgan fingerprint density at radius 3 is 1.27 bits per heavy atom. The van der Waals surface area contributed by atoms with E-state index in [2.05, 4.69) is 176 Å². The van der Waals surface area contributed by atoms with Crippen LogP contribution in [0.1, 0.15) is 0 Å². The molecule has 0 saturated heterocycles. The van der Waals surface area contributed by atoms with Gasteiger partial charge in [-0.3, -0.25) is 0 Å². The second-order valence-electron chi connectivity index (χ2n) is 12.7. The van der Waals surface area contributed by atoms with Gasteiger partial charge in [-0.25, -0.2) is 4.98 Å². The van der Waals surface area contributed by atoms with Crippen LogP contribution in [0.25, 0.3) is 78.1 Å². The number of ether oxygens (including phenoxy) is 2. The van der Waals surface area contributed by atoms with Crippen LogP contribution in [0.5, 0.6) is 11.5 Å². The van der Waals surface area contributed by atoms with Gasteiger partial charge in [0, 0.05) is 22.3 Å². The molecule has 1 aromatic heterocycles. The molecule has 0 aliphatic carbocycles. The largest absolute Gasteiger partial charge is 0.457 e. The van der Waals surface area contributed by atoms with Crippen molar-refractivity contribution in [1.29, 1.82) is 0 Å². The first-order chi connectivity index (χ1) is 25.2. The monoisotopic (exact) mass is 655 g/mol. The Morgan fingerprint density at radius 2 is 0.725 bits per heavy atom. The van der Waals surface area contributed by atoms with E-state index < -0.39 is 0 Å². The third kappa shape index (κ3) is 6.18. The second-order valence-corrected chi connectivity index (χ2v) is 12.7. The van der Waals surface area contributed by atoms with Crippen LogP contribution in [0.2, 0.25) is 0 Å². The van der Waals surface area contributed by atoms with Crippen molar-refractivity contribution < 1.29 is 9.47 Å². The summed E-state index contributed by atoms with van der Waals surface area (Å²) in [6.45, 7) is 0.133. The van der Waals surface area contributed by atoms with Crippen molar-refractivity contribution in [3.05, 3.63) is 188 Å². The van der Waals surface area contributed by atoms with E-state index >= 15 is 0 Å². The summed E-state index contributed by atoms with van der Waals surface area (Å²) < 4.78 is 12.5. The number of hydrogen-bond acceptors (Lipinski definition) is 3. The van der Waals surface area contributed by atoms with E-state index in [0.29, 0.717) is 0 Å². The minimum absolute atomic E-state index is 0.133. The molecular formula is C48H33NO2. The van der Waals surface area contributed by atoms with Gasteiger partial charge >= 0.3 is 0 Å². The molecule has 0 unspecified atom stereocenters. The van der Waals surface area contributed by atoms with Gasteiger partial charge in [0.2, 0.25) is 6.79 Å². The lowest BCUT2D eigenvalue weighted by atomic mass is 9.91. The first-order valence-electron chi connectivity index (χ1n) is 17.2. The molecule has 0 radical (unpaired) electrons. The minimum Gasteiger partial charge on any atom is -0.457 e. The zero-order valence-corrected chi connectivity index (χ0v) is 27.9. The van der Waals surface area contributed by atoms with E-state index in [1.807, 2.05) is 12.1 Å². The van der Waals surface area contributed by atoms with Crippen molar-refractivity contribution in [3.8, 4) is 89.6 Å². The van der Waals surface area contributed by atoms with Gasteiger partial charge in [-0.2, -0.15) is 0 Å². The molecule has 7 aromatic carbocycles. The smallest absolute Gasteiger partial charge is 0.230 e. The molecule has 3 nitrogen and oxygen atoms in total. The zero-order chi connectivity index (χ0) is 34.0. The number of fused-ring (bicyclic) bond motifs is 3. The van der Waals surface area contributed by atoms with Gasteiger partial charge in [-0.15, -0.1) is 0 Å². The van der Waals surface area contributed by atoms with Crippen molar-refractivity contribution in [2.45, 2.75) is 0 Å². The third-order valence-electron chi connectivity index (χ3n) is 9.46. The summed E-state index contributed by atoms with van der Waals surface area (Å²) in [6.07, 6.45) is 0. The molecule has 0 N–H and O–H groups in total. The van der Waals surface area contributed by atoms with Crippen LogP contribution in [0.3, 0.4) is 0 Å². The average Bonchev–Trinajstić information content (AvgIpc) is 3.40. The lowest BCUT2D eigenvalue weighted by molar-refractivity contribution is 0.125. The van der Waals surface area contributed by atoms with Crippen LogP contribution in [-0.2, 0) is 0 Å². The number of rotatable bonds is 6. The van der Waals surface area contributed by atoms with Gasteiger partial charge in [-0.05, 0) is 99.1 Å². The molecule has 0 saturated carbocycles. The Kier molecular flexibility index (Phi) is 7.92. The van der Waals surface area contributed by atoms with Gasteiger partial charge in [-0.1, -0.05) is 133 Å². The summed E-state index contributed by atoms with van der Waals surface area (Å²) >= 11 is 0. The summed E-state index contributed by atoms with van der Waals surface area (Å²) in [5.41, 5.74) is 15.1. The van der Waals surface area contributed by atoms with Crippen molar-refractivity contribution in [2.75, 3.05) is 6.79 Å². The van der Waals surface area contributed by atoms with E-state index in [-0.39, 0.29) is 6.79 Å². The maximum atomic E-state index is 6.29. The van der Waals surface area contributed by atoms with Crippen LogP contribution in [0, 0.1) is 0 Å². The molecule has 1 aliphatic heterocycles. The lowest BCUT2D eigenvalue weighted by Crippen LogP contribution is -2.03. The molecule has 242 valence electrons. The molecule has 0 bridgehead atoms. The Labute approximate surface area is 298 Å². The molecule has 0 fully saturated rings. The van der Waals surface area contributed by atoms with E-state index in [0.717, 1.165) is 67.4 Å². The Morgan fingerprint density at radius 1 is 0.294 bits per heavy atom. The molecule has 51 heavy (non-hydrogen) atoms. The van der Waals surface area contributed by atoms with E-state index in [1.165, 1.54) is 22.3 Å². The van der Waals surface area contributed by atoms with Gasteiger partial charge in [0.05, 0.1) is 11.4 Å². The first-order valence-corrected chi connectivity index (χ1v) is 17.2. The molecule has 8 aromatic rings. The zero-order valence-electron chi connectivity index (χ0n) is 27.9. The van der Waals surface area contributed by atoms with Crippen LogP contribution in [0.4, 0.5) is 0 Å². The van der Waals surface area contributed by atoms with E-state index in [1.54, 1.807) is 0 Å². The number of pyridine rings is 1. The summed E-state index contributed by atoms with van der Waals surface area (Å²) in [5.74, 6) is 1.59. The van der Waals surface area contributed by atoms with Gasteiger partial charge in [0.25, 0.3) is 0 Å². The highest BCUT2D eigenvalue weighted by Crippen LogP contribution is 2.44. The SMILES string of the molecule is c1ccc(-c2cc(-c3ccccc3)cc(-c3ccc4c(c3)OCOc3ccc(-c5cc(-c6ccccc6)nc(-c6ccccc6)c5)cc3-4)c2)cc1. The fourth-order valence-corrected chi connectivity index (χ4v) is 6.85. The Hall–Kier alpha value is -6.71. The molecule has 3 heteroatoms. The van der Waals surface area contributed by atoms with Crippen LogP contribution in [0.15, 0.2) is 188 Å². The third-order valence-corrected chi connectivity index (χ3v) is 9.46. The highest BCUT2D eigenvalue weighted by molar-refractivity contribution is 5.87. The van der Waals surface area contributed by atoms with Crippen molar-refractivity contribution in [2.24, 2.45) is 0 Å². The number of nitrogens with zero attached hydrogens (tertiary/aromatic N) is 1. The van der Waals surface area contributed by atoms with Gasteiger partial charge in [0.1, 0.15) is 11.5 Å². The second kappa shape index (κ2) is 13.3. The highest BCUT2D eigenvalue weighted by Gasteiger charge is 2.20. The van der Waals surface area contributed by atoms with Crippen molar-refractivity contribution in [1.82, 2.24) is 4.98 Å². The summed E-state index contributed by atoms with van der Waals surface area (Å²) in [4.78, 5) is 5.08. The van der Waals surface area contributed by atoms with E-state index in [4.69, 9.17) is 14.5 Å². The van der Waals surface area contributed by atoms with E-state index in [9.17, 15) is 0 Å². The fraction of sp³-hybridized carbons (Fsp3) is 0.0208. The highest BCUT2D eigenvalue weighted by atomic mass is 16.7. The molecule has 0 amide bonds. The predicted molar refractivity (Wildman–Crippen MR) is 208 cm³/mol. The number of benzene rings is 7. The molecular weight excluding hydrogens is 623 g/mol. The van der Waals surface area contributed by atoms with Crippen LogP contribution in [-0.4, -0.2) is 11.8 Å². The molecule has 0 spiro atoms. The van der Waals surface area contributed by atoms with Crippen LogP contribution >= 0.6 is 0 Å². The summed E-state index contributed by atoms with van der Waals surface area (Å²) in [5, 5.41) is 0. The summed E-state index contributed by atoms with van der Waals surface area (Å²) in [7, 11) is 0. The maximum absolute atomic E-state index is 6.29. The van der Waals surface area contributed by atoms with Crippen molar-refractivity contribution >= 4 is 0 Å². The molecule has 2 heterocycles. The van der Waals surface area contributed by atoms with Crippen molar-refractivity contribution in [3.63, 3.8) is 0 Å². The Balaban J connectivity index is 1.14. The fourth-order valence-electron chi connectivity index (χ4n) is 6.85. The first kappa shape index (κ1) is 30.4. The molecule has 0 atom stereocenters. The minimum atomic E-state index is 0.133. The topological polar surface area (TPSA) is 31.4 Å². The van der Waals surface area contributed by atoms with Crippen LogP contribution < -0.4 is 9.47 Å². The molecule has 1 aliphatic rings. The predicted octanol–water partition coefficient (Wildman–Crippen LogP) is 12.5. The maximum Gasteiger partial charge on any atom is 0.230 e.